The number of carbonyl (C=O) groups excluding carboxylic acids is 1. The second kappa shape index (κ2) is 4.66. The molecule has 0 bridgehead atoms. The van der Waals surface area contributed by atoms with Gasteiger partial charge in [-0.2, -0.15) is 0 Å². The van der Waals surface area contributed by atoms with Crippen LogP contribution >= 0.6 is 11.3 Å². The number of nitrogens with two attached hydrogens (primary N) is 1. The van der Waals surface area contributed by atoms with Crippen LogP contribution in [0.25, 0.3) is 0 Å². The lowest BCUT2D eigenvalue weighted by molar-refractivity contribution is 0.137. The second-order valence-electron chi connectivity index (χ2n) is 4.02. The average Bonchev–Trinajstić information content (AvgIpc) is 2.85. The molecule has 1 amide bonds. The number of carbonyl (C=O) groups is 1. The Morgan fingerprint density at radius 3 is 3.13 bits per heavy atom. The molecule has 0 saturated heterocycles. The Labute approximate surface area is 93.2 Å². The lowest BCUT2D eigenvalue weighted by Gasteiger charge is -2.09. The normalized spacial score (nSPS) is 25.3. The van der Waals surface area contributed by atoms with E-state index < -0.39 is 6.09 Å². The number of hydrogen-bond donors (Lipinski definition) is 1. The van der Waals surface area contributed by atoms with E-state index in [9.17, 15) is 4.79 Å². The fraction of sp³-hybridized carbons (Fsp3) is 0.545. The molecular weight excluding hydrogens is 210 g/mol. The molecule has 1 aromatic rings. The predicted octanol–water partition coefficient (Wildman–Crippen LogP) is 2.73. The van der Waals surface area contributed by atoms with E-state index in [1.165, 1.54) is 11.3 Å². The average molecular weight is 225 g/mol. The van der Waals surface area contributed by atoms with Crippen LogP contribution in [-0.4, -0.2) is 12.7 Å². The maximum Gasteiger partial charge on any atom is 0.404 e. The van der Waals surface area contributed by atoms with E-state index in [1.54, 1.807) is 0 Å². The lowest BCUT2D eigenvalue weighted by atomic mass is 10.0. The van der Waals surface area contributed by atoms with Crippen molar-refractivity contribution in [3.8, 4) is 0 Å². The molecule has 82 valence electrons. The third-order valence-corrected chi connectivity index (χ3v) is 3.98. The summed E-state index contributed by atoms with van der Waals surface area (Å²) in [4.78, 5) is 11.9. The molecule has 2 N–H and O–H groups in total. The summed E-state index contributed by atoms with van der Waals surface area (Å²) >= 11 is 1.81. The third-order valence-electron chi connectivity index (χ3n) is 2.95. The maximum absolute atomic E-state index is 10.5. The Bertz CT molecular complexity index is 323. The number of amides is 1. The van der Waals surface area contributed by atoms with Crippen molar-refractivity contribution in [2.24, 2.45) is 11.7 Å². The molecule has 1 aliphatic rings. The molecule has 0 aliphatic heterocycles. The molecule has 0 unspecified atom stereocenters. The Morgan fingerprint density at radius 1 is 1.60 bits per heavy atom. The molecule has 1 heterocycles. The van der Waals surface area contributed by atoms with Crippen molar-refractivity contribution in [3.63, 3.8) is 0 Å². The van der Waals surface area contributed by atoms with Crippen LogP contribution in [0.2, 0.25) is 0 Å². The minimum atomic E-state index is -0.658. The number of primary amides is 1. The standard InChI is InChI=1S/C11H15NO2S/c12-11(13)14-7-8-3-4-9(6-8)10-2-1-5-15-10/h1-2,5,8-9H,3-4,6-7H2,(H2,12,13)/t8-,9-/m0/s1. The highest BCUT2D eigenvalue weighted by Crippen LogP contribution is 2.39. The van der Waals surface area contributed by atoms with Crippen LogP contribution in [0.1, 0.15) is 30.1 Å². The summed E-state index contributed by atoms with van der Waals surface area (Å²) in [6, 6.07) is 4.28. The van der Waals surface area contributed by atoms with E-state index in [1.807, 2.05) is 11.3 Å². The first-order valence-corrected chi connectivity index (χ1v) is 6.09. The van der Waals surface area contributed by atoms with Gasteiger partial charge in [-0.1, -0.05) is 6.07 Å². The molecule has 15 heavy (non-hydrogen) atoms. The molecule has 0 aromatic carbocycles. The first kappa shape index (κ1) is 10.5. The van der Waals surface area contributed by atoms with Gasteiger partial charge in [0.15, 0.2) is 0 Å². The number of rotatable bonds is 3. The lowest BCUT2D eigenvalue weighted by Crippen LogP contribution is -2.17. The summed E-state index contributed by atoms with van der Waals surface area (Å²) in [5, 5.41) is 2.11. The molecule has 1 aromatic heterocycles. The van der Waals surface area contributed by atoms with Crippen molar-refractivity contribution in [2.45, 2.75) is 25.2 Å². The van der Waals surface area contributed by atoms with Crippen LogP contribution in [-0.2, 0) is 4.74 Å². The van der Waals surface area contributed by atoms with Crippen molar-refractivity contribution in [1.29, 1.82) is 0 Å². The smallest absolute Gasteiger partial charge is 0.404 e. The molecule has 2 rings (SSSR count). The fourth-order valence-electron chi connectivity index (χ4n) is 2.21. The topological polar surface area (TPSA) is 52.3 Å². The van der Waals surface area contributed by atoms with Gasteiger partial charge in [0.1, 0.15) is 0 Å². The van der Waals surface area contributed by atoms with Gasteiger partial charge in [-0.05, 0) is 42.5 Å². The van der Waals surface area contributed by atoms with E-state index in [-0.39, 0.29) is 0 Å². The number of thiophene rings is 1. The largest absolute Gasteiger partial charge is 0.449 e. The maximum atomic E-state index is 10.5. The summed E-state index contributed by atoms with van der Waals surface area (Å²) in [6.07, 6.45) is 2.80. The molecular formula is C11H15NO2S. The first-order valence-electron chi connectivity index (χ1n) is 5.21. The second-order valence-corrected chi connectivity index (χ2v) is 5.00. The highest BCUT2D eigenvalue weighted by Gasteiger charge is 2.27. The zero-order valence-electron chi connectivity index (χ0n) is 8.52. The van der Waals surface area contributed by atoms with Gasteiger partial charge in [0.25, 0.3) is 0 Å². The molecule has 3 nitrogen and oxygen atoms in total. The predicted molar refractivity (Wildman–Crippen MR) is 59.9 cm³/mol. The first-order chi connectivity index (χ1) is 7.25. The SMILES string of the molecule is NC(=O)OC[C@H]1CC[C@H](c2cccs2)C1. The Kier molecular flexibility index (Phi) is 3.26. The minimum absolute atomic E-state index is 0.483. The van der Waals surface area contributed by atoms with Gasteiger partial charge in [0.2, 0.25) is 0 Å². The van der Waals surface area contributed by atoms with Crippen molar-refractivity contribution >= 4 is 17.4 Å². The molecule has 1 fully saturated rings. The van der Waals surface area contributed by atoms with Gasteiger partial charge in [0.05, 0.1) is 6.61 Å². The van der Waals surface area contributed by atoms with Gasteiger partial charge in [-0.3, -0.25) is 0 Å². The van der Waals surface area contributed by atoms with Gasteiger partial charge < -0.3 is 10.5 Å². The Hall–Kier alpha value is -1.03. The minimum Gasteiger partial charge on any atom is -0.449 e. The summed E-state index contributed by atoms with van der Waals surface area (Å²) < 4.78 is 4.83. The van der Waals surface area contributed by atoms with E-state index in [4.69, 9.17) is 10.5 Å². The third kappa shape index (κ3) is 2.72. The molecule has 0 spiro atoms. The summed E-state index contributed by atoms with van der Waals surface area (Å²) in [6.45, 7) is 0.483. The number of hydrogen-bond acceptors (Lipinski definition) is 3. The highest BCUT2D eigenvalue weighted by atomic mass is 32.1. The van der Waals surface area contributed by atoms with Crippen LogP contribution < -0.4 is 5.73 Å². The van der Waals surface area contributed by atoms with Gasteiger partial charge >= 0.3 is 6.09 Å². The van der Waals surface area contributed by atoms with Crippen molar-refractivity contribution in [2.75, 3.05) is 6.61 Å². The van der Waals surface area contributed by atoms with E-state index in [0.29, 0.717) is 18.4 Å². The van der Waals surface area contributed by atoms with Crippen LogP contribution in [0.15, 0.2) is 17.5 Å². The van der Waals surface area contributed by atoms with E-state index >= 15 is 0 Å². The van der Waals surface area contributed by atoms with E-state index in [2.05, 4.69) is 17.5 Å². The van der Waals surface area contributed by atoms with Gasteiger partial charge in [0, 0.05) is 4.88 Å². The zero-order chi connectivity index (χ0) is 10.7. The fourth-order valence-corrected chi connectivity index (χ4v) is 3.09. The quantitative estimate of drug-likeness (QED) is 0.860. The van der Waals surface area contributed by atoms with Crippen LogP contribution in [0.5, 0.6) is 0 Å². The Morgan fingerprint density at radius 2 is 2.47 bits per heavy atom. The van der Waals surface area contributed by atoms with Gasteiger partial charge in [-0.15, -0.1) is 11.3 Å². The summed E-state index contributed by atoms with van der Waals surface area (Å²) in [7, 11) is 0. The van der Waals surface area contributed by atoms with Crippen LogP contribution in [0.3, 0.4) is 0 Å². The van der Waals surface area contributed by atoms with Crippen molar-refractivity contribution in [1.82, 2.24) is 0 Å². The zero-order valence-corrected chi connectivity index (χ0v) is 9.33. The molecule has 0 radical (unpaired) electrons. The van der Waals surface area contributed by atoms with Crippen molar-refractivity contribution in [3.05, 3.63) is 22.4 Å². The summed E-state index contributed by atoms with van der Waals surface area (Å²) in [5.41, 5.74) is 4.94. The highest BCUT2D eigenvalue weighted by molar-refractivity contribution is 7.10. The Balaban J connectivity index is 1.82. The van der Waals surface area contributed by atoms with Crippen LogP contribution in [0.4, 0.5) is 4.79 Å². The molecule has 2 atom stereocenters. The monoisotopic (exact) mass is 225 g/mol. The van der Waals surface area contributed by atoms with Crippen molar-refractivity contribution < 1.29 is 9.53 Å². The summed E-state index contributed by atoms with van der Waals surface area (Å²) in [5.74, 6) is 1.15. The van der Waals surface area contributed by atoms with E-state index in [0.717, 1.165) is 12.8 Å². The number of ether oxygens (including phenoxy) is 1. The molecule has 1 aliphatic carbocycles. The molecule has 4 heteroatoms. The van der Waals surface area contributed by atoms with Gasteiger partial charge in [-0.25, -0.2) is 4.79 Å². The molecule has 1 saturated carbocycles. The van der Waals surface area contributed by atoms with Crippen LogP contribution in [0, 0.1) is 5.92 Å².